The third-order valence-corrected chi connectivity index (χ3v) is 3.34. The lowest BCUT2D eigenvalue weighted by atomic mass is 10.1. The number of hydrogen-bond donors (Lipinski definition) is 1. The summed E-state index contributed by atoms with van der Waals surface area (Å²) in [5, 5.41) is 4.70. The van der Waals surface area contributed by atoms with E-state index in [2.05, 4.69) is 38.2 Å². The van der Waals surface area contributed by atoms with Crippen molar-refractivity contribution in [1.29, 1.82) is 0 Å². The van der Waals surface area contributed by atoms with E-state index in [1.54, 1.807) is 0 Å². The average molecular weight is 231 g/mol. The summed E-state index contributed by atoms with van der Waals surface area (Å²) in [5.41, 5.74) is 0.972. The van der Waals surface area contributed by atoms with Crippen molar-refractivity contribution < 1.29 is 4.42 Å². The van der Waals surface area contributed by atoms with E-state index in [9.17, 15) is 0 Å². The summed E-state index contributed by atoms with van der Waals surface area (Å²) in [4.78, 5) is 0. The van der Waals surface area contributed by atoms with Crippen LogP contribution in [0, 0.1) is 5.92 Å². The van der Waals surface area contributed by atoms with Crippen LogP contribution >= 0.6 is 0 Å². The van der Waals surface area contributed by atoms with Crippen LogP contribution < -0.4 is 5.32 Å². The summed E-state index contributed by atoms with van der Waals surface area (Å²) in [6.07, 6.45) is 1.21. The first kappa shape index (κ1) is 12.2. The summed E-state index contributed by atoms with van der Waals surface area (Å²) in [5.74, 6) is 1.73. The standard InChI is InChI=1S/C15H21NO/c1-4-11(2)10-16-12(3)15-9-13-7-5-6-8-14(13)17-15/h5-9,11-12,16H,4,10H2,1-3H3/t11-,12+/m1/s1. The Labute approximate surface area is 103 Å². The van der Waals surface area contributed by atoms with E-state index >= 15 is 0 Å². The minimum atomic E-state index is 0.274. The lowest BCUT2D eigenvalue weighted by Crippen LogP contribution is -2.23. The first-order chi connectivity index (χ1) is 8.20. The van der Waals surface area contributed by atoms with E-state index in [0.29, 0.717) is 5.92 Å². The fourth-order valence-corrected chi connectivity index (χ4v) is 1.84. The maximum atomic E-state index is 5.83. The van der Waals surface area contributed by atoms with Gasteiger partial charge in [-0.05, 0) is 31.5 Å². The van der Waals surface area contributed by atoms with Gasteiger partial charge in [-0.25, -0.2) is 0 Å². The Balaban J connectivity index is 2.06. The molecule has 17 heavy (non-hydrogen) atoms. The fraction of sp³-hybridized carbons (Fsp3) is 0.467. The molecule has 1 aromatic heterocycles. The molecule has 0 fully saturated rings. The zero-order chi connectivity index (χ0) is 12.3. The summed E-state index contributed by atoms with van der Waals surface area (Å²) in [6, 6.07) is 10.6. The van der Waals surface area contributed by atoms with Crippen LogP contribution in [0.2, 0.25) is 0 Å². The second-order valence-corrected chi connectivity index (χ2v) is 4.83. The Bertz CT molecular complexity index is 441. The number of nitrogens with one attached hydrogen (secondary N) is 1. The molecule has 0 aliphatic rings. The smallest absolute Gasteiger partial charge is 0.134 e. The molecule has 0 amide bonds. The van der Waals surface area contributed by atoms with Gasteiger partial charge in [0.15, 0.2) is 0 Å². The zero-order valence-electron chi connectivity index (χ0n) is 10.9. The Kier molecular flexibility index (Phi) is 3.85. The first-order valence-corrected chi connectivity index (χ1v) is 6.42. The Morgan fingerprint density at radius 1 is 1.24 bits per heavy atom. The number of hydrogen-bond acceptors (Lipinski definition) is 2. The normalized spacial score (nSPS) is 15.0. The molecular formula is C15H21NO. The van der Waals surface area contributed by atoms with Crippen LogP contribution in [0.3, 0.4) is 0 Å². The summed E-state index contributed by atoms with van der Waals surface area (Å²) in [7, 11) is 0. The van der Waals surface area contributed by atoms with Crippen molar-refractivity contribution in [3.63, 3.8) is 0 Å². The van der Waals surface area contributed by atoms with Crippen LogP contribution in [0.25, 0.3) is 11.0 Å². The molecule has 2 atom stereocenters. The summed E-state index contributed by atoms with van der Waals surface area (Å²) >= 11 is 0. The van der Waals surface area contributed by atoms with Gasteiger partial charge in [0, 0.05) is 5.39 Å². The highest BCUT2D eigenvalue weighted by Crippen LogP contribution is 2.23. The molecule has 2 aromatic rings. The zero-order valence-corrected chi connectivity index (χ0v) is 10.9. The SMILES string of the molecule is CC[C@@H](C)CN[C@@H](C)c1cc2ccccc2o1. The van der Waals surface area contributed by atoms with E-state index < -0.39 is 0 Å². The van der Waals surface area contributed by atoms with Crippen LogP contribution in [-0.2, 0) is 0 Å². The molecule has 1 aromatic carbocycles. The van der Waals surface area contributed by atoms with Crippen molar-refractivity contribution in [2.75, 3.05) is 6.54 Å². The fourth-order valence-electron chi connectivity index (χ4n) is 1.84. The maximum absolute atomic E-state index is 5.83. The highest BCUT2D eigenvalue weighted by atomic mass is 16.3. The van der Waals surface area contributed by atoms with Crippen LogP contribution in [-0.4, -0.2) is 6.54 Å². The quantitative estimate of drug-likeness (QED) is 0.837. The molecule has 0 bridgehead atoms. The number of para-hydroxylation sites is 1. The third kappa shape index (κ3) is 2.89. The average Bonchev–Trinajstić information content (AvgIpc) is 2.79. The molecule has 2 nitrogen and oxygen atoms in total. The Morgan fingerprint density at radius 2 is 2.00 bits per heavy atom. The summed E-state index contributed by atoms with van der Waals surface area (Å²) in [6.45, 7) is 7.67. The number of benzene rings is 1. The monoisotopic (exact) mass is 231 g/mol. The van der Waals surface area contributed by atoms with Gasteiger partial charge in [0.25, 0.3) is 0 Å². The molecule has 0 saturated heterocycles. The van der Waals surface area contributed by atoms with E-state index in [1.807, 2.05) is 18.2 Å². The molecular weight excluding hydrogens is 210 g/mol. The molecule has 0 spiro atoms. The van der Waals surface area contributed by atoms with Gasteiger partial charge in [-0.1, -0.05) is 38.5 Å². The lowest BCUT2D eigenvalue weighted by molar-refractivity contribution is 0.411. The predicted molar refractivity (Wildman–Crippen MR) is 72.1 cm³/mol. The van der Waals surface area contributed by atoms with Crippen LogP contribution in [0.5, 0.6) is 0 Å². The molecule has 0 aliphatic heterocycles. The van der Waals surface area contributed by atoms with E-state index in [4.69, 9.17) is 4.42 Å². The van der Waals surface area contributed by atoms with Crippen molar-refractivity contribution >= 4 is 11.0 Å². The largest absolute Gasteiger partial charge is 0.459 e. The number of fused-ring (bicyclic) bond motifs is 1. The maximum Gasteiger partial charge on any atom is 0.134 e. The molecule has 92 valence electrons. The van der Waals surface area contributed by atoms with Gasteiger partial charge in [-0.3, -0.25) is 0 Å². The van der Waals surface area contributed by atoms with Crippen molar-refractivity contribution in [3.05, 3.63) is 36.1 Å². The number of rotatable bonds is 5. The first-order valence-electron chi connectivity index (χ1n) is 6.42. The molecule has 0 saturated carbocycles. The van der Waals surface area contributed by atoms with E-state index in [-0.39, 0.29) is 6.04 Å². The van der Waals surface area contributed by atoms with Crippen molar-refractivity contribution in [2.24, 2.45) is 5.92 Å². The van der Waals surface area contributed by atoms with Crippen LogP contribution in [0.15, 0.2) is 34.7 Å². The molecule has 0 aliphatic carbocycles. The second kappa shape index (κ2) is 5.37. The molecule has 2 rings (SSSR count). The van der Waals surface area contributed by atoms with Crippen molar-refractivity contribution in [3.8, 4) is 0 Å². The molecule has 2 heteroatoms. The van der Waals surface area contributed by atoms with Crippen LogP contribution in [0.4, 0.5) is 0 Å². The van der Waals surface area contributed by atoms with Gasteiger partial charge >= 0.3 is 0 Å². The van der Waals surface area contributed by atoms with Gasteiger partial charge in [-0.2, -0.15) is 0 Å². The minimum Gasteiger partial charge on any atom is -0.459 e. The van der Waals surface area contributed by atoms with E-state index in [0.717, 1.165) is 17.9 Å². The van der Waals surface area contributed by atoms with Gasteiger partial charge in [0.05, 0.1) is 6.04 Å². The predicted octanol–water partition coefficient (Wildman–Crippen LogP) is 4.13. The molecule has 1 N–H and O–H groups in total. The Morgan fingerprint density at radius 3 is 2.71 bits per heavy atom. The lowest BCUT2D eigenvalue weighted by Gasteiger charge is -2.14. The second-order valence-electron chi connectivity index (χ2n) is 4.83. The highest BCUT2D eigenvalue weighted by Gasteiger charge is 2.11. The van der Waals surface area contributed by atoms with Gasteiger partial charge in [0.2, 0.25) is 0 Å². The Hall–Kier alpha value is -1.28. The van der Waals surface area contributed by atoms with Gasteiger partial charge < -0.3 is 9.73 Å². The topological polar surface area (TPSA) is 25.2 Å². The van der Waals surface area contributed by atoms with Crippen LogP contribution in [0.1, 0.15) is 39.0 Å². The minimum absolute atomic E-state index is 0.274. The summed E-state index contributed by atoms with van der Waals surface area (Å²) < 4.78 is 5.83. The van der Waals surface area contributed by atoms with Crippen molar-refractivity contribution in [1.82, 2.24) is 5.32 Å². The highest BCUT2D eigenvalue weighted by molar-refractivity contribution is 5.77. The molecule has 1 heterocycles. The number of furan rings is 1. The van der Waals surface area contributed by atoms with Gasteiger partial charge in [-0.15, -0.1) is 0 Å². The molecule has 0 radical (unpaired) electrons. The molecule has 0 unspecified atom stereocenters. The van der Waals surface area contributed by atoms with E-state index in [1.165, 1.54) is 11.8 Å². The van der Waals surface area contributed by atoms with Gasteiger partial charge in [0.1, 0.15) is 11.3 Å². The van der Waals surface area contributed by atoms with Crippen molar-refractivity contribution in [2.45, 2.75) is 33.2 Å². The third-order valence-electron chi connectivity index (χ3n) is 3.34.